The molecule has 1 aromatic heterocycles. The van der Waals surface area contributed by atoms with Gasteiger partial charge >= 0.3 is 0 Å². The molecule has 3 aromatic rings. The van der Waals surface area contributed by atoms with Crippen LogP contribution in [0.1, 0.15) is 10.4 Å². The van der Waals surface area contributed by atoms with Crippen molar-refractivity contribution < 1.29 is 13.9 Å². The van der Waals surface area contributed by atoms with E-state index in [0.717, 1.165) is 11.4 Å². The van der Waals surface area contributed by atoms with Crippen molar-refractivity contribution in [3.8, 4) is 5.75 Å². The minimum atomic E-state index is -0.592. The molecule has 2 aromatic carbocycles. The average molecular weight is 338 g/mol. The highest BCUT2D eigenvalue weighted by molar-refractivity contribution is 6.03. The molecule has 25 heavy (non-hydrogen) atoms. The van der Waals surface area contributed by atoms with Crippen LogP contribution in [0.15, 0.2) is 60.7 Å². The number of nitrogens with one attached hydrogen (secondary N) is 2. The Bertz CT molecular complexity index is 867. The van der Waals surface area contributed by atoms with Gasteiger partial charge in [0.2, 0.25) is 0 Å². The number of hydrogen-bond acceptors (Lipinski definition) is 5. The van der Waals surface area contributed by atoms with Crippen LogP contribution in [0, 0.1) is 5.82 Å². The summed E-state index contributed by atoms with van der Waals surface area (Å²) in [7, 11) is 1.60. The summed E-state index contributed by atoms with van der Waals surface area (Å²) in [5.74, 6) is 0.319. The van der Waals surface area contributed by atoms with E-state index in [4.69, 9.17) is 4.74 Å². The first-order valence-electron chi connectivity index (χ1n) is 7.46. The number of anilines is 3. The standard InChI is InChI=1S/C18H15FN4O2/c1-25-13-8-6-12(7-9-13)20-16-10-11-17(23-22-16)21-18(24)14-4-2-3-5-15(14)19/h2-11H,1H3,(H,20,22)(H,21,23,24). The number of carbonyl (C=O) groups is 1. The Kier molecular flexibility index (Phi) is 4.84. The van der Waals surface area contributed by atoms with Crippen molar-refractivity contribution in [3.63, 3.8) is 0 Å². The fourth-order valence-electron chi connectivity index (χ4n) is 2.12. The van der Waals surface area contributed by atoms with Gasteiger partial charge in [0.15, 0.2) is 11.6 Å². The number of ether oxygens (including phenoxy) is 1. The smallest absolute Gasteiger partial charge is 0.259 e. The number of nitrogens with zero attached hydrogens (tertiary/aromatic N) is 2. The maximum atomic E-state index is 13.6. The van der Waals surface area contributed by atoms with Gasteiger partial charge in [-0.1, -0.05) is 12.1 Å². The van der Waals surface area contributed by atoms with E-state index in [1.54, 1.807) is 25.3 Å². The molecule has 1 amide bonds. The monoisotopic (exact) mass is 338 g/mol. The van der Waals surface area contributed by atoms with Crippen LogP contribution in [0.25, 0.3) is 0 Å². The second-order valence-corrected chi connectivity index (χ2v) is 5.09. The SMILES string of the molecule is COc1ccc(Nc2ccc(NC(=O)c3ccccc3F)nn2)cc1. The molecule has 2 N–H and O–H groups in total. The van der Waals surface area contributed by atoms with Crippen LogP contribution in [0.3, 0.4) is 0 Å². The molecular weight excluding hydrogens is 323 g/mol. The van der Waals surface area contributed by atoms with Crippen molar-refractivity contribution >= 4 is 23.2 Å². The number of rotatable bonds is 5. The number of halogens is 1. The largest absolute Gasteiger partial charge is 0.497 e. The Hall–Kier alpha value is -3.48. The summed E-state index contributed by atoms with van der Waals surface area (Å²) in [5.41, 5.74) is 0.767. The molecule has 0 fully saturated rings. The third-order valence-corrected chi connectivity index (χ3v) is 3.39. The number of methoxy groups -OCH3 is 1. The molecule has 126 valence electrons. The van der Waals surface area contributed by atoms with E-state index in [0.29, 0.717) is 5.82 Å². The zero-order chi connectivity index (χ0) is 17.6. The molecule has 3 rings (SSSR count). The quantitative estimate of drug-likeness (QED) is 0.743. The molecule has 0 atom stereocenters. The second-order valence-electron chi connectivity index (χ2n) is 5.09. The van der Waals surface area contributed by atoms with Crippen molar-refractivity contribution in [2.45, 2.75) is 0 Å². The van der Waals surface area contributed by atoms with Crippen LogP contribution in [0.2, 0.25) is 0 Å². The lowest BCUT2D eigenvalue weighted by molar-refractivity contribution is 0.102. The Morgan fingerprint density at radius 1 is 0.960 bits per heavy atom. The van der Waals surface area contributed by atoms with Gasteiger partial charge in [0.05, 0.1) is 12.7 Å². The molecule has 0 aliphatic heterocycles. The molecule has 1 heterocycles. The number of benzene rings is 2. The Balaban J connectivity index is 1.65. The fraction of sp³-hybridized carbons (Fsp3) is 0.0556. The van der Waals surface area contributed by atoms with Crippen molar-refractivity contribution in [3.05, 3.63) is 72.0 Å². The van der Waals surface area contributed by atoms with Gasteiger partial charge in [0.1, 0.15) is 11.6 Å². The summed E-state index contributed by atoms with van der Waals surface area (Å²) in [5, 5.41) is 13.5. The van der Waals surface area contributed by atoms with E-state index >= 15 is 0 Å². The zero-order valence-corrected chi connectivity index (χ0v) is 13.4. The summed E-state index contributed by atoms with van der Waals surface area (Å²) in [6, 6.07) is 16.3. The highest BCUT2D eigenvalue weighted by atomic mass is 19.1. The van der Waals surface area contributed by atoms with Gasteiger partial charge < -0.3 is 15.4 Å². The van der Waals surface area contributed by atoms with Crippen molar-refractivity contribution in [1.29, 1.82) is 0 Å². The highest BCUT2D eigenvalue weighted by Crippen LogP contribution is 2.19. The molecule has 0 saturated carbocycles. The molecule has 7 heteroatoms. The molecule has 0 unspecified atom stereocenters. The third-order valence-electron chi connectivity index (χ3n) is 3.39. The predicted octanol–water partition coefficient (Wildman–Crippen LogP) is 3.62. The second kappa shape index (κ2) is 7.39. The summed E-state index contributed by atoms with van der Waals surface area (Å²) >= 11 is 0. The van der Waals surface area contributed by atoms with Crippen LogP contribution in [0.4, 0.5) is 21.7 Å². The van der Waals surface area contributed by atoms with Crippen molar-refractivity contribution in [1.82, 2.24) is 10.2 Å². The molecule has 0 spiro atoms. The number of carbonyl (C=O) groups excluding carboxylic acids is 1. The molecule has 0 radical (unpaired) electrons. The molecule has 0 aliphatic carbocycles. The predicted molar refractivity (Wildman–Crippen MR) is 92.7 cm³/mol. The summed E-state index contributed by atoms with van der Waals surface area (Å²) in [6.07, 6.45) is 0. The Morgan fingerprint density at radius 2 is 1.64 bits per heavy atom. The first-order chi connectivity index (χ1) is 12.2. The number of amides is 1. The lowest BCUT2D eigenvalue weighted by atomic mass is 10.2. The normalized spacial score (nSPS) is 10.2. The number of aromatic nitrogens is 2. The minimum absolute atomic E-state index is 0.0512. The maximum Gasteiger partial charge on any atom is 0.259 e. The zero-order valence-electron chi connectivity index (χ0n) is 13.4. The summed E-state index contributed by atoms with van der Waals surface area (Å²) in [6.45, 7) is 0. The first-order valence-corrected chi connectivity index (χ1v) is 7.46. The molecule has 0 saturated heterocycles. The molecule has 6 nitrogen and oxygen atoms in total. The van der Waals surface area contributed by atoms with Crippen LogP contribution in [-0.2, 0) is 0 Å². The van der Waals surface area contributed by atoms with Crippen molar-refractivity contribution in [2.75, 3.05) is 17.7 Å². The molecule has 0 bridgehead atoms. The van der Waals surface area contributed by atoms with Gasteiger partial charge in [-0.15, -0.1) is 10.2 Å². The summed E-state index contributed by atoms with van der Waals surface area (Å²) < 4.78 is 18.7. The van der Waals surface area contributed by atoms with Gasteiger partial charge in [-0.2, -0.15) is 0 Å². The maximum absolute atomic E-state index is 13.6. The van der Waals surface area contributed by atoms with E-state index in [1.807, 2.05) is 24.3 Å². The van der Waals surface area contributed by atoms with E-state index < -0.39 is 11.7 Å². The van der Waals surface area contributed by atoms with Gasteiger partial charge in [0.25, 0.3) is 5.91 Å². The minimum Gasteiger partial charge on any atom is -0.497 e. The topological polar surface area (TPSA) is 76.1 Å². The highest BCUT2D eigenvalue weighted by Gasteiger charge is 2.11. The van der Waals surface area contributed by atoms with Gasteiger partial charge in [-0.05, 0) is 48.5 Å². The van der Waals surface area contributed by atoms with Crippen LogP contribution in [0.5, 0.6) is 5.75 Å². The van der Waals surface area contributed by atoms with Gasteiger partial charge in [-0.3, -0.25) is 4.79 Å². The Morgan fingerprint density at radius 3 is 2.28 bits per heavy atom. The number of hydrogen-bond donors (Lipinski definition) is 2. The fourth-order valence-corrected chi connectivity index (χ4v) is 2.12. The van der Waals surface area contributed by atoms with Crippen LogP contribution < -0.4 is 15.4 Å². The van der Waals surface area contributed by atoms with E-state index in [2.05, 4.69) is 20.8 Å². The lowest BCUT2D eigenvalue weighted by Gasteiger charge is -2.08. The first kappa shape index (κ1) is 16.4. The van der Waals surface area contributed by atoms with E-state index in [1.165, 1.54) is 18.2 Å². The molecular formula is C18H15FN4O2. The van der Waals surface area contributed by atoms with E-state index in [9.17, 15) is 9.18 Å². The van der Waals surface area contributed by atoms with Crippen LogP contribution in [-0.4, -0.2) is 23.2 Å². The van der Waals surface area contributed by atoms with Gasteiger partial charge in [-0.25, -0.2) is 4.39 Å². The third kappa shape index (κ3) is 4.08. The van der Waals surface area contributed by atoms with Crippen LogP contribution >= 0.6 is 0 Å². The summed E-state index contributed by atoms with van der Waals surface area (Å²) in [4.78, 5) is 12.0. The van der Waals surface area contributed by atoms with E-state index in [-0.39, 0.29) is 11.4 Å². The lowest BCUT2D eigenvalue weighted by Crippen LogP contribution is -2.15. The Labute approximate surface area is 143 Å². The average Bonchev–Trinajstić information content (AvgIpc) is 2.64. The molecule has 0 aliphatic rings. The van der Waals surface area contributed by atoms with Gasteiger partial charge in [0, 0.05) is 5.69 Å². The van der Waals surface area contributed by atoms with Crippen molar-refractivity contribution in [2.24, 2.45) is 0 Å².